The molecule has 7 nitrogen and oxygen atoms in total. The number of aromatic nitrogens is 2. The molecule has 140 valence electrons. The fraction of sp³-hybridized carbons (Fsp3) is 0.111. The van der Waals surface area contributed by atoms with Gasteiger partial charge in [-0.05, 0) is 23.3 Å². The van der Waals surface area contributed by atoms with E-state index in [-0.39, 0.29) is 11.5 Å². The third-order valence-corrected chi connectivity index (χ3v) is 5.15. The minimum atomic E-state index is -2.53. The Hall–Kier alpha value is -2.78. The van der Waals surface area contributed by atoms with Crippen LogP contribution in [0.4, 0.5) is 5.82 Å². The number of rotatable bonds is 6. The zero-order valence-corrected chi connectivity index (χ0v) is 15.9. The minimum absolute atomic E-state index is 0.00772. The van der Waals surface area contributed by atoms with Crippen LogP contribution >= 0.6 is 0 Å². The van der Waals surface area contributed by atoms with Crippen LogP contribution in [0.1, 0.15) is 11.3 Å². The summed E-state index contributed by atoms with van der Waals surface area (Å²) in [5, 5.41) is 0. The Labute approximate surface area is 159 Å². The zero-order chi connectivity index (χ0) is 19.4. The second-order valence-corrected chi connectivity index (χ2v) is 7.84. The first kappa shape index (κ1) is 19.0. The normalized spacial score (nSPS) is 11.2. The van der Waals surface area contributed by atoms with Crippen LogP contribution in [0.3, 0.4) is 0 Å². The van der Waals surface area contributed by atoms with E-state index in [1.807, 2.05) is 18.2 Å². The Morgan fingerprint density at radius 2 is 1.37 bits per heavy atom. The fourth-order valence-electron chi connectivity index (χ4n) is 2.63. The van der Waals surface area contributed by atoms with Gasteiger partial charge < -0.3 is 5.73 Å². The molecule has 0 radical (unpaired) electrons. The van der Waals surface area contributed by atoms with Crippen LogP contribution in [0.15, 0.2) is 54.9 Å². The van der Waals surface area contributed by atoms with Crippen LogP contribution in [-0.4, -0.2) is 26.8 Å². The third kappa shape index (κ3) is 4.89. The molecule has 0 fully saturated rings. The molecule has 2 N–H and O–H groups in total. The Bertz CT molecular complexity index is 1090. The molecule has 0 saturated heterocycles. The number of nitrogen functional groups attached to an aromatic ring is 1. The van der Waals surface area contributed by atoms with Crippen molar-refractivity contribution in [1.82, 2.24) is 9.97 Å². The molecule has 0 aliphatic carbocycles. The number of benzene rings is 1. The summed E-state index contributed by atoms with van der Waals surface area (Å²) in [6.07, 6.45) is 3.21. The van der Waals surface area contributed by atoms with Gasteiger partial charge in [0.25, 0.3) is 0 Å². The van der Waals surface area contributed by atoms with Crippen molar-refractivity contribution in [2.75, 3.05) is 5.73 Å². The molecule has 3 rings (SSSR count). The molecule has 0 unspecified atom stereocenters. The Kier molecular flexibility index (Phi) is 5.82. The van der Waals surface area contributed by atoms with Gasteiger partial charge in [-0.25, -0.2) is 21.8 Å². The van der Waals surface area contributed by atoms with Gasteiger partial charge in [0.2, 0.25) is 0 Å². The number of nitrogens with two attached hydrogens (primary N) is 1. The molecule has 2 aromatic heterocycles. The van der Waals surface area contributed by atoms with Crippen molar-refractivity contribution < 1.29 is 16.8 Å². The van der Waals surface area contributed by atoms with Gasteiger partial charge in [-0.3, -0.25) is 4.98 Å². The van der Waals surface area contributed by atoms with Gasteiger partial charge in [-0.1, -0.05) is 30.3 Å². The van der Waals surface area contributed by atoms with Crippen LogP contribution in [0.25, 0.3) is 22.3 Å². The Balaban J connectivity index is 1.92. The van der Waals surface area contributed by atoms with E-state index in [9.17, 15) is 16.8 Å². The lowest BCUT2D eigenvalue weighted by Gasteiger charge is -2.09. The zero-order valence-electron chi connectivity index (χ0n) is 14.1. The van der Waals surface area contributed by atoms with Gasteiger partial charge >= 0.3 is 0 Å². The SMILES string of the molecule is Nc1ncc(-c2ccc(C[SH](=O)=O)cc2)cc1-c1ccc(C[SH](=O)=O)nc1. The molecule has 9 heteroatoms. The maximum atomic E-state index is 10.8. The van der Waals surface area contributed by atoms with Crippen LogP contribution < -0.4 is 5.73 Å². The van der Waals surface area contributed by atoms with Crippen LogP contribution in [0.2, 0.25) is 0 Å². The highest BCUT2D eigenvalue weighted by Gasteiger charge is 2.08. The summed E-state index contributed by atoms with van der Waals surface area (Å²) in [6, 6.07) is 12.5. The summed E-state index contributed by atoms with van der Waals surface area (Å²) in [5.74, 6) is 0.237. The van der Waals surface area contributed by atoms with Crippen molar-refractivity contribution >= 4 is 27.2 Å². The van der Waals surface area contributed by atoms with Gasteiger partial charge in [0.15, 0.2) is 0 Å². The number of hydrogen-bond donors (Lipinski definition) is 3. The van der Waals surface area contributed by atoms with E-state index in [0.29, 0.717) is 17.1 Å². The van der Waals surface area contributed by atoms with E-state index in [4.69, 9.17) is 5.73 Å². The van der Waals surface area contributed by atoms with E-state index in [2.05, 4.69) is 9.97 Å². The average Bonchev–Trinajstić information content (AvgIpc) is 2.63. The number of pyridine rings is 2. The van der Waals surface area contributed by atoms with Crippen molar-refractivity contribution in [3.8, 4) is 22.3 Å². The maximum Gasteiger partial charge on any atom is 0.145 e. The van der Waals surface area contributed by atoms with Crippen molar-refractivity contribution in [3.05, 3.63) is 66.1 Å². The standard InChI is InChI=1S/C18H17N3O4S2/c19-18-17(14-5-6-16(20-8-14)11-27(24)25)7-15(9-21-18)13-3-1-12(2-4-13)10-26(22)23/h1-9,26-27H,10-11H2,(H2,19,21). The maximum absolute atomic E-state index is 10.8. The van der Waals surface area contributed by atoms with Crippen molar-refractivity contribution in [2.24, 2.45) is 0 Å². The molecule has 2 heterocycles. The number of hydrogen-bond acceptors (Lipinski definition) is 7. The van der Waals surface area contributed by atoms with Crippen molar-refractivity contribution in [2.45, 2.75) is 11.5 Å². The second-order valence-electron chi connectivity index (χ2n) is 5.87. The molecule has 0 spiro atoms. The lowest BCUT2D eigenvalue weighted by atomic mass is 10.0. The second kappa shape index (κ2) is 8.28. The van der Waals surface area contributed by atoms with Gasteiger partial charge in [0, 0.05) is 29.1 Å². The van der Waals surface area contributed by atoms with E-state index < -0.39 is 21.4 Å². The number of anilines is 1. The first-order valence-corrected chi connectivity index (χ1v) is 10.7. The molecular formula is C18H17N3O4S2. The Morgan fingerprint density at radius 1 is 0.741 bits per heavy atom. The molecule has 0 saturated carbocycles. The molecular weight excluding hydrogens is 386 g/mol. The van der Waals surface area contributed by atoms with Gasteiger partial charge in [-0.2, -0.15) is 0 Å². The largest absolute Gasteiger partial charge is 0.383 e. The smallest absolute Gasteiger partial charge is 0.145 e. The van der Waals surface area contributed by atoms with E-state index in [0.717, 1.165) is 22.3 Å². The first-order valence-electron chi connectivity index (χ1n) is 7.96. The monoisotopic (exact) mass is 403 g/mol. The molecule has 3 aromatic rings. The van der Waals surface area contributed by atoms with Crippen molar-refractivity contribution in [1.29, 1.82) is 0 Å². The van der Waals surface area contributed by atoms with E-state index in [1.165, 1.54) is 0 Å². The average molecular weight is 403 g/mol. The van der Waals surface area contributed by atoms with E-state index in [1.54, 1.807) is 36.7 Å². The van der Waals surface area contributed by atoms with Gasteiger partial charge in [0.1, 0.15) is 27.2 Å². The van der Waals surface area contributed by atoms with Gasteiger partial charge in [-0.15, -0.1) is 0 Å². The predicted octanol–water partition coefficient (Wildman–Crippen LogP) is 1.62. The van der Waals surface area contributed by atoms with Crippen molar-refractivity contribution in [3.63, 3.8) is 0 Å². The van der Waals surface area contributed by atoms with Crippen LogP contribution in [-0.2, 0) is 32.9 Å². The minimum Gasteiger partial charge on any atom is -0.383 e. The highest BCUT2D eigenvalue weighted by atomic mass is 32.2. The molecule has 0 bridgehead atoms. The Morgan fingerprint density at radius 3 is 1.96 bits per heavy atom. The highest BCUT2D eigenvalue weighted by Crippen LogP contribution is 2.29. The lowest BCUT2D eigenvalue weighted by Crippen LogP contribution is -1.97. The quantitative estimate of drug-likeness (QED) is 0.535. The van der Waals surface area contributed by atoms with Crippen LogP contribution in [0, 0.1) is 0 Å². The summed E-state index contributed by atoms with van der Waals surface area (Å²) >= 11 is 0. The molecule has 27 heavy (non-hydrogen) atoms. The molecule has 0 amide bonds. The summed E-state index contributed by atoms with van der Waals surface area (Å²) in [6.45, 7) is 0. The molecule has 0 atom stereocenters. The molecule has 0 aliphatic rings. The first-order chi connectivity index (χ1) is 12.9. The predicted molar refractivity (Wildman–Crippen MR) is 105 cm³/mol. The summed E-state index contributed by atoms with van der Waals surface area (Å²) in [7, 11) is -4.99. The third-order valence-electron chi connectivity index (χ3n) is 3.94. The molecule has 1 aromatic carbocycles. The van der Waals surface area contributed by atoms with Crippen LogP contribution in [0.5, 0.6) is 0 Å². The number of thiol groups is 2. The summed E-state index contributed by atoms with van der Waals surface area (Å²) < 4.78 is 43.2. The molecule has 0 aliphatic heterocycles. The lowest BCUT2D eigenvalue weighted by molar-refractivity contribution is 0.612. The fourth-order valence-corrected chi connectivity index (χ4v) is 3.59. The number of nitrogens with zero attached hydrogens (tertiary/aromatic N) is 2. The van der Waals surface area contributed by atoms with E-state index >= 15 is 0 Å². The highest BCUT2D eigenvalue weighted by molar-refractivity contribution is 7.71. The van der Waals surface area contributed by atoms with Gasteiger partial charge in [0.05, 0.1) is 17.2 Å². The summed E-state index contributed by atoms with van der Waals surface area (Å²) in [5.41, 5.74) is 10.3. The summed E-state index contributed by atoms with van der Waals surface area (Å²) in [4.78, 5) is 8.38. The topological polar surface area (TPSA) is 120 Å².